The molecule has 2 aliphatic rings. The number of ketones is 2. The number of aliphatic hydroxyl groups excluding tert-OH is 1. The maximum Gasteiger partial charge on any atom is 0.304 e. The number of ether oxygens (including phenoxy) is 1. The first-order valence-electron chi connectivity index (χ1n) is 14.8. The first-order valence-corrected chi connectivity index (χ1v) is 14.8. The summed E-state index contributed by atoms with van der Waals surface area (Å²) in [7, 11) is 0. The molecular formula is C36H46O6. The summed E-state index contributed by atoms with van der Waals surface area (Å²) in [5.74, 6) is -3.52. The van der Waals surface area contributed by atoms with Crippen LogP contribution in [-0.2, 0) is 19.1 Å². The van der Waals surface area contributed by atoms with Gasteiger partial charge in [0.15, 0.2) is 11.6 Å². The first-order chi connectivity index (χ1) is 19.7. The summed E-state index contributed by atoms with van der Waals surface area (Å²) in [5.41, 5.74) is 2.42. The molecule has 0 fully saturated rings. The minimum absolute atomic E-state index is 0.0247. The topological polar surface area (TPSA) is 101 Å². The fraction of sp³-hybridized carbons (Fsp3) is 0.472. The number of Topliss-reactive ketones (excluding diaryl/α,β-unsaturated/α-hetero) is 2. The largest absolute Gasteiger partial charge is 0.511 e. The van der Waals surface area contributed by atoms with Crippen LogP contribution in [0.4, 0.5) is 0 Å². The molecule has 0 saturated carbocycles. The molecule has 3 rings (SSSR count). The van der Waals surface area contributed by atoms with Crippen LogP contribution in [0, 0.1) is 17.3 Å². The van der Waals surface area contributed by atoms with Crippen LogP contribution in [0.2, 0.25) is 0 Å². The van der Waals surface area contributed by atoms with Crippen molar-refractivity contribution >= 4 is 17.5 Å². The second-order valence-electron chi connectivity index (χ2n) is 12.6. The summed E-state index contributed by atoms with van der Waals surface area (Å²) >= 11 is 0. The highest BCUT2D eigenvalue weighted by Crippen LogP contribution is 2.53. The van der Waals surface area contributed by atoms with Gasteiger partial charge in [-0.15, -0.1) is 6.58 Å². The minimum Gasteiger partial charge on any atom is -0.511 e. The van der Waals surface area contributed by atoms with Crippen LogP contribution < -0.4 is 0 Å². The molecule has 0 unspecified atom stereocenters. The number of aliphatic hydroxyl groups is 1. The highest BCUT2D eigenvalue weighted by atomic mass is 16.5. The molecule has 0 radical (unpaired) electrons. The summed E-state index contributed by atoms with van der Waals surface area (Å²) in [5, 5.41) is 22.4. The van der Waals surface area contributed by atoms with Crippen molar-refractivity contribution in [1.29, 1.82) is 0 Å². The van der Waals surface area contributed by atoms with Gasteiger partial charge in [-0.05, 0) is 78.7 Å². The molecule has 1 aliphatic heterocycles. The monoisotopic (exact) mass is 574 g/mol. The molecule has 0 saturated heterocycles. The molecule has 1 aromatic rings. The molecule has 1 aliphatic carbocycles. The van der Waals surface area contributed by atoms with E-state index in [0.29, 0.717) is 12.0 Å². The Balaban J connectivity index is 2.42. The lowest BCUT2D eigenvalue weighted by Crippen LogP contribution is -2.47. The van der Waals surface area contributed by atoms with Crippen molar-refractivity contribution in [3.63, 3.8) is 0 Å². The third-order valence-electron chi connectivity index (χ3n) is 8.42. The van der Waals surface area contributed by atoms with Gasteiger partial charge in [-0.1, -0.05) is 66.1 Å². The van der Waals surface area contributed by atoms with Crippen molar-refractivity contribution in [1.82, 2.24) is 0 Å². The van der Waals surface area contributed by atoms with Gasteiger partial charge in [-0.2, -0.15) is 0 Å². The number of hydrogen-bond acceptors (Lipinski definition) is 5. The van der Waals surface area contributed by atoms with Crippen LogP contribution in [0.5, 0.6) is 0 Å². The van der Waals surface area contributed by atoms with Crippen LogP contribution in [0.3, 0.4) is 0 Å². The number of rotatable bonds is 12. The van der Waals surface area contributed by atoms with Gasteiger partial charge < -0.3 is 14.9 Å². The van der Waals surface area contributed by atoms with E-state index in [2.05, 4.69) is 12.7 Å². The normalized spacial score (nSPS) is 23.5. The van der Waals surface area contributed by atoms with Crippen molar-refractivity contribution in [3.05, 3.63) is 94.0 Å². The van der Waals surface area contributed by atoms with Gasteiger partial charge in [0.25, 0.3) is 0 Å². The molecule has 0 spiro atoms. The lowest BCUT2D eigenvalue weighted by molar-refractivity contribution is -0.137. The molecule has 6 nitrogen and oxygen atoms in total. The molecule has 42 heavy (non-hydrogen) atoms. The molecule has 2 N–H and O–H groups in total. The lowest BCUT2D eigenvalue weighted by atomic mass is 9.61. The number of carboxylic acids is 1. The number of carboxylic acid groups (broad SMARTS) is 1. The summed E-state index contributed by atoms with van der Waals surface area (Å²) in [6.07, 6.45) is 5.04. The van der Waals surface area contributed by atoms with Gasteiger partial charge in [-0.3, -0.25) is 14.4 Å². The Morgan fingerprint density at radius 2 is 1.71 bits per heavy atom. The van der Waals surface area contributed by atoms with E-state index in [0.717, 1.165) is 23.1 Å². The zero-order chi connectivity index (χ0) is 31.4. The van der Waals surface area contributed by atoms with E-state index in [1.165, 1.54) is 0 Å². The summed E-state index contributed by atoms with van der Waals surface area (Å²) in [6, 6.07) is 9.05. The number of carbonyl (C=O) groups excluding carboxylic acids is 2. The molecule has 6 heteroatoms. The fourth-order valence-electron chi connectivity index (χ4n) is 6.03. The van der Waals surface area contributed by atoms with E-state index in [1.807, 2.05) is 58.9 Å². The Morgan fingerprint density at radius 3 is 2.26 bits per heavy atom. The van der Waals surface area contributed by atoms with E-state index >= 15 is 0 Å². The number of hydrogen-bond donors (Lipinski definition) is 2. The van der Waals surface area contributed by atoms with Gasteiger partial charge >= 0.3 is 5.97 Å². The zero-order valence-corrected chi connectivity index (χ0v) is 26.1. The predicted molar refractivity (Wildman–Crippen MR) is 166 cm³/mol. The predicted octanol–water partition coefficient (Wildman–Crippen LogP) is 8.19. The van der Waals surface area contributed by atoms with Crippen LogP contribution >= 0.6 is 0 Å². The molecule has 0 amide bonds. The van der Waals surface area contributed by atoms with Crippen LogP contribution in [-0.4, -0.2) is 33.9 Å². The number of allylic oxidation sites excluding steroid dienone is 8. The molecular weight excluding hydrogens is 528 g/mol. The Morgan fingerprint density at radius 1 is 1.07 bits per heavy atom. The summed E-state index contributed by atoms with van der Waals surface area (Å²) in [6.45, 7) is 17.4. The van der Waals surface area contributed by atoms with Crippen molar-refractivity contribution in [2.45, 2.75) is 92.6 Å². The Hall–Kier alpha value is -3.67. The first kappa shape index (κ1) is 32.8. The quantitative estimate of drug-likeness (QED) is 0.193. The molecule has 1 heterocycles. The Bertz CT molecular complexity index is 1350. The maximum absolute atomic E-state index is 14.7. The second-order valence-corrected chi connectivity index (χ2v) is 12.6. The fourth-order valence-corrected chi connectivity index (χ4v) is 6.03. The molecule has 5 atom stereocenters. The van der Waals surface area contributed by atoms with E-state index < -0.39 is 35.1 Å². The zero-order valence-electron chi connectivity index (χ0n) is 26.1. The van der Waals surface area contributed by atoms with E-state index in [9.17, 15) is 24.6 Å². The SMILES string of the molecule is C=C(C)CC[C@@H](C=C(C)C)C[C@@]1(CC=C(C)C)C(=O)C2=C(O[C@@H](C)[C@@H](C)C2=O)C([C@H](CC(=O)O)c2ccccc2)=C1O. The van der Waals surface area contributed by atoms with Gasteiger partial charge in [-0.25, -0.2) is 0 Å². The van der Waals surface area contributed by atoms with Crippen molar-refractivity contribution < 1.29 is 29.3 Å². The number of aliphatic carboxylic acids is 1. The number of carbonyl (C=O) groups is 3. The summed E-state index contributed by atoms with van der Waals surface area (Å²) < 4.78 is 6.27. The van der Waals surface area contributed by atoms with Crippen LogP contribution in [0.15, 0.2) is 88.4 Å². The standard InChI is InChI=1S/C36H46O6/c1-21(2)14-15-26(18-23(5)6)20-36(17-16-22(3)4)34(40)30(28(19-29(37)38)27-12-10-9-11-13-27)33-31(35(36)41)32(39)24(7)25(8)42-33/h9-13,16,18,24-26,28,40H,1,14-15,17,19-20H2,2-8H3,(H,37,38)/t24-,25+,26+,28-,36-/m1/s1. The van der Waals surface area contributed by atoms with E-state index in [4.69, 9.17) is 4.74 Å². The highest BCUT2D eigenvalue weighted by molar-refractivity contribution is 6.25. The second kappa shape index (κ2) is 13.5. The molecule has 1 aromatic carbocycles. The van der Waals surface area contributed by atoms with Crippen molar-refractivity contribution in [3.8, 4) is 0 Å². The molecule has 0 aromatic heterocycles. The third kappa shape index (κ3) is 7.03. The van der Waals surface area contributed by atoms with E-state index in [1.54, 1.807) is 26.0 Å². The average Bonchev–Trinajstić information content (AvgIpc) is 2.91. The molecule has 0 bridgehead atoms. The third-order valence-corrected chi connectivity index (χ3v) is 8.42. The van der Waals surface area contributed by atoms with E-state index in [-0.39, 0.29) is 53.6 Å². The lowest BCUT2D eigenvalue weighted by Gasteiger charge is -2.43. The highest BCUT2D eigenvalue weighted by Gasteiger charge is 2.55. The average molecular weight is 575 g/mol. The Labute approximate surface area is 250 Å². The molecule has 226 valence electrons. The van der Waals surface area contributed by atoms with Crippen LogP contribution in [0.1, 0.15) is 92.1 Å². The minimum atomic E-state index is -1.47. The smallest absolute Gasteiger partial charge is 0.304 e. The van der Waals surface area contributed by atoms with Gasteiger partial charge in [0, 0.05) is 11.5 Å². The van der Waals surface area contributed by atoms with Gasteiger partial charge in [0.2, 0.25) is 0 Å². The summed E-state index contributed by atoms with van der Waals surface area (Å²) in [4.78, 5) is 40.9. The van der Waals surface area contributed by atoms with Crippen LogP contribution in [0.25, 0.3) is 0 Å². The Kier molecular flexibility index (Phi) is 10.6. The maximum atomic E-state index is 14.7. The van der Waals surface area contributed by atoms with Gasteiger partial charge in [0.05, 0.1) is 17.8 Å². The number of benzene rings is 1. The van der Waals surface area contributed by atoms with Gasteiger partial charge in [0.1, 0.15) is 23.2 Å². The van der Waals surface area contributed by atoms with Crippen molar-refractivity contribution in [2.75, 3.05) is 0 Å². The van der Waals surface area contributed by atoms with Crippen molar-refractivity contribution in [2.24, 2.45) is 17.3 Å².